The summed E-state index contributed by atoms with van der Waals surface area (Å²) in [6.45, 7) is 2.19. The van der Waals surface area contributed by atoms with E-state index in [9.17, 15) is 0 Å². The van der Waals surface area contributed by atoms with Gasteiger partial charge in [-0.05, 0) is 35.0 Å². The van der Waals surface area contributed by atoms with E-state index >= 15 is 0 Å². The second-order valence-corrected chi connectivity index (χ2v) is 6.29. The van der Waals surface area contributed by atoms with Crippen LogP contribution < -0.4 is 5.73 Å². The molecule has 0 fully saturated rings. The average Bonchev–Trinajstić information content (AvgIpc) is 3.07. The van der Waals surface area contributed by atoms with Crippen LogP contribution in [0.4, 0.5) is 5.82 Å². The number of anilines is 1. The molecule has 98 valence electrons. The maximum absolute atomic E-state index is 5.63. The van der Waals surface area contributed by atoms with E-state index in [2.05, 4.69) is 36.4 Å². The van der Waals surface area contributed by atoms with Crippen LogP contribution in [0.25, 0.3) is 10.8 Å². The molecule has 0 amide bonds. The standard InChI is InChI=1S/C10H9BrN6OS/c1-5-9(12)14-16-17(5)4-8-13-15-10(18-8)6-2-3-7(11)19-6/h2-3H,4,12H2,1H3. The molecule has 3 aromatic heterocycles. The van der Waals surface area contributed by atoms with Crippen molar-refractivity contribution in [1.82, 2.24) is 25.2 Å². The maximum atomic E-state index is 5.63. The van der Waals surface area contributed by atoms with E-state index in [4.69, 9.17) is 10.2 Å². The van der Waals surface area contributed by atoms with E-state index in [1.807, 2.05) is 19.1 Å². The van der Waals surface area contributed by atoms with Crippen LogP contribution in [0.3, 0.4) is 0 Å². The number of rotatable bonds is 3. The van der Waals surface area contributed by atoms with Gasteiger partial charge in [-0.1, -0.05) is 5.21 Å². The molecular weight excluding hydrogens is 332 g/mol. The molecule has 0 bridgehead atoms. The fourth-order valence-electron chi connectivity index (χ4n) is 1.50. The van der Waals surface area contributed by atoms with Crippen molar-refractivity contribution in [2.45, 2.75) is 13.5 Å². The molecule has 0 spiro atoms. The Balaban J connectivity index is 1.84. The molecule has 3 rings (SSSR count). The molecule has 0 radical (unpaired) electrons. The van der Waals surface area contributed by atoms with Crippen LogP contribution in [-0.2, 0) is 6.54 Å². The van der Waals surface area contributed by atoms with E-state index in [1.165, 1.54) is 11.3 Å². The highest BCUT2D eigenvalue weighted by atomic mass is 79.9. The molecule has 9 heteroatoms. The first kappa shape index (κ1) is 12.3. The van der Waals surface area contributed by atoms with Crippen LogP contribution in [-0.4, -0.2) is 25.2 Å². The summed E-state index contributed by atoms with van der Waals surface area (Å²) < 4.78 is 8.23. The Bertz CT molecular complexity index is 717. The lowest BCUT2D eigenvalue weighted by Gasteiger charge is -1.97. The lowest BCUT2D eigenvalue weighted by atomic mass is 10.4. The predicted octanol–water partition coefficient (Wildman–Crippen LogP) is 2.09. The largest absolute Gasteiger partial charge is 0.418 e. The summed E-state index contributed by atoms with van der Waals surface area (Å²) in [5.74, 6) is 1.37. The third-order valence-corrected chi connectivity index (χ3v) is 4.17. The monoisotopic (exact) mass is 340 g/mol. The van der Waals surface area contributed by atoms with Gasteiger partial charge in [-0.2, -0.15) is 0 Å². The number of thiophene rings is 1. The fourth-order valence-corrected chi connectivity index (χ4v) is 2.81. The van der Waals surface area contributed by atoms with Crippen molar-refractivity contribution in [2.75, 3.05) is 5.73 Å². The molecule has 19 heavy (non-hydrogen) atoms. The fraction of sp³-hybridized carbons (Fsp3) is 0.200. The second kappa shape index (κ2) is 4.74. The summed E-state index contributed by atoms with van der Waals surface area (Å²) in [5, 5.41) is 15.7. The summed E-state index contributed by atoms with van der Waals surface area (Å²) >= 11 is 4.93. The highest BCUT2D eigenvalue weighted by molar-refractivity contribution is 9.11. The van der Waals surface area contributed by atoms with Crippen molar-refractivity contribution in [3.05, 3.63) is 27.5 Å². The van der Waals surface area contributed by atoms with Crippen molar-refractivity contribution < 1.29 is 4.42 Å². The molecule has 0 saturated carbocycles. The van der Waals surface area contributed by atoms with Gasteiger partial charge in [-0.25, -0.2) is 4.68 Å². The molecule has 0 aliphatic carbocycles. The number of aromatic nitrogens is 5. The Morgan fingerprint density at radius 3 is 2.84 bits per heavy atom. The van der Waals surface area contributed by atoms with E-state index in [0.29, 0.717) is 24.1 Å². The van der Waals surface area contributed by atoms with Crippen molar-refractivity contribution in [1.29, 1.82) is 0 Å². The zero-order valence-electron chi connectivity index (χ0n) is 9.87. The number of halogens is 1. The number of hydrogen-bond donors (Lipinski definition) is 1. The van der Waals surface area contributed by atoms with Gasteiger partial charge in [-0.3, -0.25) is 0 Å². The molecule has 0 aliphatic rings. The Labute approximate surface area is 120 Å². The van der Waals surface area contributed by atoms with Crippen molar-refractivity contribution in [2.24, 2.45) is 0 Å². The highest BCUT2D eigenvalue weighted by Gasteiger charge is 2.13. The zero-order valence-corrected chi connectivity index (χ0v) is 12.3. The summed E-state index contributed by atoms with van der Waals surface area (Å²) in [7, 11) is 0. The van der Waals surface area contributed by atoms with Crippen LogP contribution in [0.15, 0.2) is 20.3 Å². The third kappa shape index (κ3) is 2.38. The van der Waals surface area contributed by atoms with Crippen LogP contribution in [0, 0.1) is 6.92 Å². The molecular formula is C10H9BrN6OS. The summed E-state index contributed by atoms with van der Waals surface area (Å²) in [6, 6.07) is 3.86. The maximum Gasteiger partial charge on any atom is 0.257 e. The number of hydrogen-bond acceptors (Lipinski definition) is 7. The topological polar surface area (TPSA) is 95.7 Å². The van der Waals surface area contributed by atoms with Gasteiger partial charge >= 0.3 is 0 Å². The van der Waals surface area contributed by atoms with Gasteiger partial charge in [0.15, 0.2) is 5.82 Å². The van der Waals surface area contributed by atoms with Gasteiger partial charge in [0.05, 0.1) is 14.4 Å². The second-order valence-electron chi connectivity index (χ2n) is 3.82. The molecule has 7 nitrogen and oxygen atoms in total. The van der Waals surface area contributed by atoms with E-state index in [0.717, 1.165) is 14.4 Å². The molecule has 0 aliphatic heterocycles. The molecule has 0 aromatic carbocycles. The van der Waals surface area contributed by atoms with E-state index in [-0.39, 0.29) is 0 Å². The van der Waals surface area contributed by atoms with Crippen LogP contribution >= 0.6 is 27.3 Å². The van der Waals surface area contributed by atoms with Gasteiger partial charge in [0.2, 0.25) is 5.89 Å². The minimum Gasteiger partial charge on any atom is -0.418 e. The summed E-state index contributed by atoms with van der Waals surface area (Å²) in [6.07, 6.45) is 0. The Kier molecular flexibility index (Phi) is 3.07. The normalized spacial score (nSPS) is 11.1. The first-order valence-corrected chi connectivity index (χ1v) is 6.98. The van der Waals surface area contributed by atoms with Gasteiger partial charge in [0.1, 0.15) is 6.54 Å². The summed E-state index contributed by atoms with van der Waals surface area (Å²) in [4.78, 5) is 0.917. The van der Waals surface area contributed by atoms with Gasteiger partial charge in [-0.15, -0.1) is 26.6 Å². The SMILES string of the molecule is Cc1c(N)nnn1Cc1nnc(-c2ccc(Br)s2)o1. The smallest absolute Gasteiger partial charge is 0.257 e. The van der Waals surface area contributed by atoms with Gasteiger partial charge in [0.25, 0.3) is 5.89 Å². The highest BCUT2D eigenvalue weighted by Crippen LogP contribution is 2.30. The van der Waals surface area contributed by atoms with Gasteiger partial charge < -0.3 is 10.2 Å². The van der Waals surface area contributed by atoms with Crippen LogP contribution in [0.5, 0.6) is 0 Å². The minimum absolute atomic E-state index is 0.357. The number of nitrogen functional groups attached to an aromatic ring is 1. The molecule has 0 atom stereocenters. The molecule has 0 saturated heterocycles. The van der Waals surface area contributed by atoms with Gasteiger partial charge in [0, 0.05) is 0 Å². The summed E-state index contributed by atoms with van der Waals surface area (Å²) in [5.41, 5.74) is 6.41. The Morgan fingerprint density at radius 1 is 1.37 bits per heavy atom. The Morgan fingerprint density at radius 2 is 2.21 bits per heavy atom. The van der Waals surface area contributed by atoms with E-state index < -0.39 is 0 Å². The van der Waals surface area contributed by atoms with Crippen molar-refractivity contribution in [3.8, 4) is 10.8 Å². The van der Waals surface area contributed by atoms with E-state index in [1.54, 1.807) is 4.68 Å². The first-order chi connectivity index (χ1) is 9.13. The van der Waals surface area contributed by atoms with Crippen molar-refractivity contribution >= 4 is 33.1 Å². The lowest BCUT2D eigenvalue weighted by Crippen LogP contribution is -2.04. The predicted molar refractivity (Wildman–Crippen MR) is 73.6 cm³/mol. The third-order valence-electron chi connectivity index (χ3n) is 2.55. The number of nitrogens with two attached hydrogens (primary N) is 1. The molecule has 2 N–H and O–H groups in total. The molecule has 3 heterocycles. The lowest BCUT2D eigenvalue weighted by molar-refractivity contribution is 0.466. The Hall–Kier alpha value is -1.74. The molecule has 0 unspecified atom stereocenters. The van der Waals surface area contributed by atoms with Crippen LogP contribution in [0.1, 0.15) is 11.6 Å². The molecule has 3 aromatic rings. The number of nitrogens with zero attached hydrogens (tertiary/aromatic N) is 5. The van der Waals surface area contributed by atoms with Crippen LogP contribution in [0.2, 0.25) is 0 Å². The zero-order chi connectivity index (χ0) is 13.4. The minimum atomic E-state index is 0.357. The first-order valence-electron chi connectivity index (χ1n) is 5.37. The average molecular weight is 341 g/mol. The van der Waals surface area contributed by atoms with Crippen molar-refractivity contribution in [3.63, 3.8) is 0 Å². The quantitative estimate of drug-likeness (QED) is 0.784.